The molecule has 0 fully saturated rings. The van der Waals surface area contributed by atoms with E-state index in [0.717, 1.165) is 0 Å². The Hall–Kier alpha value is -2.86. The molecule has 0 atom stereocenters. The topological polar surface area (TPSA) is 77.0 Å². The number of nitrogens with zero attached hydrogens (tertiary/aromatic N) is 1. The number of hydrogen-bond donors (Lipinski definition) is 1. The predicted molar refractivity (Wildman–Crippen MR) is 101 cm³/mol. The minimum atomic E-state index is -0.643. The second-order valence-corrected chi connectivity index (χ2v) is 5.66. The quantitative estimate of drug-likeness (QED) is 0.327. The van der Waals surface area contributed by atoms with Crippen LogP contribution in [0.25, 0.3) is 0 Å². The molecule has 26 heavy (non-hydrogen) atoms. The number of esters is 1. The lowest BCUT2D eigenvalue weighted by molar-refractivity contribution is -0.135. The largest absolute Gasteiger partial charge is 0.497 e. The Labute approximate surface area is 156 Å². The lowest BCUT2D eigenvalue weighted by atomic mass is 10.1. The Kier molecular flexibility index (Phi) is 7.17. The summed E-state index contributed by atoms with van der Waals surface area (Å²) >= 11 is 5.83. The number of Topliss-reactive ketones (excluding diaryl/α,β-unsaturated/α-hetero) is 1. The van der Waals surface area contributed by atoms with Crippen molar-refractivity contribution in [2.24, 2.45) is 5.10 Å². The van der Waals surface area contributed by atoms with Gasteiger partial charge in [0.1, 0.15) is 5.75 Å². The van der Waals surface area contributed by atoms with Crippen LogP contribution in [0.1, 0.15) is 23.7 Å². The summed E-state index contributed by atoms with van der Waals surface area (Å²) in [6.07, 6.45) is -0.189. The van der Waals surface area contributed by atoms with Gasteiger partial charge in [-0.3, -0.25) is 10.2 Å². The highest BCUT2D eigenvalue weighted by atomic mass is 35.5. The minimum Gasteiger partial charge on any atom is -0.497 e. The Morgan fingerprint density at radius 3 is 2.31 bits per heavy atom. The van der Waals surface area contributed by atoms with E-state index in [-0.39, 0.29) is 24.5 Å². The number of rotatable bonds is 8. The number of ether oxygens (including phenoxy) is 2. The molecule has 136 valence electrons. The molecule has 2 rings (SSSR count). The van der Waals surface area contributed by atoms with E-state index in [0.29, 0.717) is 22.0 Å². The minimum absolute atomic E-state index is 0.0115. The molecule has 0 aliphatic rings. The highest BCUT2D eigenvalue weighted by molar-refractivity contribution is 6.40. The van der Waals surface area contributed by atoms with Gasteiger partial charge in [-0.05, 0) is 55.5 Å². The number of methoxy groups -OCH3 is 1. The Morgan fingerprint density at radius 1 is 1.08 bits per heavy atom. The first-order valence-corrected chi connectivity index (χ1v) is 8.33. The number of halogens is 1. The van der Waals surface area contributed by atoms with E-state index >= 15 is 0 Å². The third-order valence-electron chi connectivity index (χ3n) is 3.42. The van der Waals surface area contributed by atoms with Crippen LogP contribution in [0.2, 0.25) is 5.02 Å². The number of hydrazone groups is 1. The second kappa shape index (κ2) is 9.58. The lowest BCUT2D eigenvalue weighted by Gasteiger charge is -2.08. The normalized spacial score (nSPS) is 11.0. The van der Waals surface area contributed by atoms with Gasteiger partial charge in [0, 0.05) is 10.6 Å². The zero-order valence-corrected chi connectivity index (χ0v) is 15.2. The molecule has 0 unspecified atom stereocenters. The molecule has 7 heteroatoms. The number of benzene rings is 2. The number of ketones is 1. The fraction of sp³-hybridized carbons (Fsp3) is 0.211. The molecule has 0 saturated heterocycles. The Balaban J connectivity index is 2.14. The zero-order chi connectivity index (χ0) is 18.9. The van der Waals surface area contributed by atoms with Gasteiger partial charge >= 0.3 is 5.97 Å². The van der Waals surface area contributed by atoms with Crippen LogP contribution in [-0.2, 0) is 9.53 Å². The van der Waals surface area contributed by atoms with E-state index in [2.05, 4.69) is 10.5 Å². The van der Waals surface area contributed by atoms with Crippen LogP contribution in [0, 0.1) is 0 Å². The fourth-order valence-electron chi connectivity index (χ4n) is 2.06. The van der Waals surface area contributed by atoms with Gasteiger partial charge in [-0.25, -0.2) is 4.79 Å². The summed E-state index contributed by atoms with van der Waals surface area (Å²) in [6, 6.07) is 13.4. The van der Waals surface area contributed by atoms with Gasteiger partial charge in [0.25, 0.3) is 0 Å². The number of carbonyl (C=O) groups is 2. The number of anilines is 1. The van der Waals surface area contributed by atoms with Gasteiger partial charge < -0.3 is 9.47 Å². The van der Waals surface area contributed by atoms with Crippen molar-refractivity contribution in [1.82, 2.24) is 0 Å². The third-order valence-corrected chi connectivity index (χ3v) is 3.67. The maximum Gasteiger partial charge on any atom is 0.354 e. The number of nitrogens with one attached hydrogen (secondary N) is 1. The van der Waals surface area contributed by atoms with Gasteiger partial charge in [-0.15, -0.1) is 0 Å². The van der Waals surface area contributed by atoms with Gasteiger partial charge in [-0.1, -0.05) is 11.6 Å². The summed E-state index contributed by atoms with van der Waals surface area (Å²) in [5, 5.41) is 4.63. The van der Waals surface area contributed by atoms with Crippen LogP contribution in [0.15, 0.2) is 53.6 Å². The van der Waals surface area contributed by atoms with Crippen LogP contribution < -0.4 is 10.2 Å². The molecule has 6 nitrogen and oxygen atoms in total. The molecule has 0 radical (unpaired) electrons. The van der Waals surface area contributed by atoms with Crippen LogP contribution in [-0.4, -0.2) is 31.2 Å². The highest BCUT2D eigenvalue weighted by Gasteiger charge is 2.18. The van der Waals surface area contributed by atoms with E-state index in [1.165, 1.54) is 0 Å². The fourth-order valence-corrected chi connectivity index (χ4v) is 2.19. The van der Waals surface area contributed by atoms with Crippen LogP contribution in [0.3, 0.4) is 0 Å². The third kappa shape index (κ3) is 5.60. The standard InChI is InChI=1S/C19H19ClN2O4/c1-3-26-19(24)17(22-21-15-8-6-14(20)7-9-15)12-18(23)13-4-10-16(25-2)11-5-13/h4-11,21H,3,12H2,1-2H3/b22-17-. The first-order chi connectivity index (χ1) is 12.5. The monoisotopic (exact) mass is 374 g/mol. The summed E-state index contributed by atoms with van der Waals surface area (Å²) in [4.78, 5) is 24.5. The molecule has 0 aromatic heterocycles. The average molecular weight is 375 g/mol. The van der Waals surface area contributed by atoms with Crippen LogP contribution in [0.5, 0.6) is 5.75 Å². The van der Waals surface area contributed by atoms with Crippen molar-refractivity contribution in [3.63, 3.8) is 0 Å². The zero-order valence-electron chi connectivity index (χ0n) is 14.5. The van der Waals surface area contributed by atoms with E-state index < -0.39 is 5.97 Å². The van der Waals surface area contributed by atoms with Crippen molar-refractivity contribution >= 4 is 34.8 Å². The maximum absolute atomic E-state index is 12.4. The molecule has 2 aromatic carbocycles. The molecule has 2 aromatic rings. The number of carbonyl (C=O) groups excluding carboxylic acids is 2. The van der Waals surface area contributed by atoms with E-state index in [4.69, 9.17) is 21.1 Å². The predicted octanol–water partition coefficient (Wildman–Crippen LogP) is 3.95. The molecule has 0 saturated carbocycles. The second-order valence-electron chi connectivity index (χ2n) is 5.23. The molecular weight excluding hydrogens is 356 g/mol. The summed E-state index contributed by atoms with van der Waals surface area (Å²) < 4.78 is 10.0. The lowest BCUT2D eigenvalue weighted by Crippen LogP contribution is -2.22. The van der Waals surface area contributed by atoms with E-state index in [1.54, 1.807) is 62.6 Å². The molecule has 1 N–H and O–H groups in total. The van der Waals surface area contributed by atoms with Crippen LogP contribution >= 0.6 is 11.6 Å². The molecule has 0 heterocycles. The van der Waals surface area contributed by atoms with E-state index in [9.17, 15) is 9.59 Å². The molecule has 0 bridgehead atoms. The first kappa shape index (κ1) is 19.5. The summed E-state index contributed by atoms with van der Waals surface area (Å²) in [7, 11) is 1.55. The summed E-state index contributed by atoms with van der Waals surface area (Å²) in [5.41, 5.74) is 3.82. The van der Waals surface area contributed by atoms with Crippen molar-refractivity contribution in [2.45, 2.75) is 13.3 Å². The summed E-state index contributed by atoms with van der Waals surface area (Å²) in [5.74, 6) is -0.251. The van der Waals surface area contributed by atoms with Crippen molar-refractivity contribution in [2.75, 3.05) is 19.1 Å². The number of hydrogen-bond acceptors (Lipinski definition) is 6. The van der Waals surface area contributed by atoms with Crippen molar-refractivity contribution < 1.29 is 19.1 Å². The van der Waals surface area contributed by atoms with E-state index in [1.807, 2.05) is 0 Å². The Bertz CT molecular complexity index is 786. The first-order valence-electron chi connectivity index (χ1n) is 7.96. The molecule has 0 spiro atoms. The molecule has 0 aliphatic carbocycles. The van der Waals surface area contributed by atoms with Gasteiger partial charge in [0.05, 0.1) is 25.8 Å². The van der Waals surface area contributed by atoms with Crippen LogP contribution in [0.4, 0.5) is 5.69 Å². The smallest absolute Gasteiger partial charge is 0.354 e. The SMILES string of the molecule is CCOC(=O)/C(CC(=O)c1ccc(OC)cc1)=N\Nc1ccc(Cl)cc1. The summed E-state index contributed by atoms with van der Waals surface area (Å²) in [6.45, 7) is 1.88. The van der Waals surface area contributed by atoms with Crippen molar-refractivity contribution in [3.8, 4) is 5.75 Å². The van der Waals surface area contributed by atoms with Crippen molar-refractivity contribution in [1.29, 1.82) is 0 Å². The van der Waals surface area contributed by atoms with Crippen molar-refractivity contribution in [3.05, 3.63) is 59.1 Å². The highest BCUT2D eigenvalue weighted by Crippen LogP contribution is 2.15. The average Bonchev–Trinajstić information content (AvgIpc) is 2.66. The molecule has 0 amide bonds. The maximum atomic E-state index is 12.4. The molecule has 0 aliphatic heterocycles. The van der Waals surface area contributed by atoms with Gasteiger partial charge in [0.2, 0.25) is 0 Å². The van der Waals surface area contributed by atoms with Gasteiger partial charge in [0.15, 0.2) is 11.5 Å². The molecular formula is C19H19ClN2O4. The van der Waals surface area contributed by atoms with Gasteiger partial charge in [-0.2, -0.15) is 5.10 Å². The Morgan fingerprint density at radius 2 is 1.73 bits per heavy atom.